The van der Waals surface area contributed by atoms with E-state index in [1.165, 1.54) is 0 Å². The number of aromatic nitrogens is 2. The van der Waals surface area contributed by atoms with Gasteiger partial charge in [-0.15, -0.1) is 11.8 Å². The number of benzene rings is 2. The summed E-state index contributed by atoms with van der Waals surface area (Å²) in [6.07, 6.45) is 2.27. The van der Waals surface area contributed by atoms with E-state index in [1.54, 1.807) is 16.3 Å². The van der Waals surface area contributed by atoms with Gasteiger partial charge >= 0.3 is 0 Å². The van der Waals surface area contributed by atoms with E-state index in [9.17, 15) is 9.90 Å². The first-order valence-electron chi connectivity index (χ1n) is 11.1. The molecular formula is C25H27N3O3S2. The normalized spacial score (nSPS) is 15.5. The highest BCUT2D eigenvalue weighted by Crippen LogP contribution is 2.46. The van der Waals surface area contributed by atoms with Crippen molar-refractivity contribution in [2.24, 2.45) is 4.99 Å². The molecule has 1 unspecified atom stereocenters. The maximum Gasteiger partial charge on any atom is 0.264 e. The number of aromatic hydroxyl groups is 1. The Kier molecular flexibility index (Phi) is 7.35. The van der Waals surface area contributed by atoms with Gasteiger partial charge in [0.05, 0.1) is 18.0 Å². The quantitative estimate of drug-likeness (QED) is 0.395. The number of fused-ring (bicyclic) bond motifs is 1. The highest BCUT2D eigenvalue weighted by atomic mass is 32.2. The minimum absolute atomic E-state index is 0.00847. The molecule has 0 radical (unpaired) electrons. The number of nitrogens with zero attached hydrogens (tertiary/aromatic N) is 2. The summed E-state index contributed by atoms with van der Waals surface area (Å²) in [7, 11) is 0. The summed E-state index contributed by atoms with van der Waals surface area (Å²) in [5, 5.41) is 11.1. The van der Waals surface area contributed by atoms with E-state index in [1.807, 2.05) is 55.5 Å². The van der Waals surface area contributed by atoms with Gasteiger partial charge in [0.25, 0.3) is 5.56 Å². The number of hydrogen-bond donors (Lipinski definition) is 2. The Morgan fingerprint density at radius 3 is 2.70 bits per heavy atom. The molecule has 3 aromatic rings. The van der Waals surface area contributed by atoms with E-state index in [0.717, 1.165) is 34.7 Å². The van der Waals surface area contributed by atoms with Gasteiger partial charge in [-0.05, 0) is 55.4 Å². The van der Waals surface area contributed by atoms with Crippen LogP contribution in [0.25, 0.3) is 0 Å². The molecule has 0 amide bonds. The second-order valence-electron chi connectivity index (χ2n) is 7.80. The monoisotopic (exact) mass is 481 g/mol. The first-order chi connectivity index (χ1) is 16.0. The predicted molar refractivity (Wildman–Crippen MR) is 136 cm³/mol. The van der Waals surface area contributed by atoms with Crippen LogP contribution in [-0.4, -0.2) is 27.0 Å². The molecule has 0 spiro atoms. The summed E-state index contributed by atoms with van der Waals surface area (Å²) in [6, 6.07) is 15.9. The van der Waals surface area contributed by atoms with E-state index in [2.05, 4.69) is 11.9 Å². The van der Waals surface area contributed by atoms with Gasteiger partial charge in [0.15, 0.2) is 4.77 Å². The number of nitrogens with one attached hydrogen (secondary N) is 1. The van der Waals surface area contributed by atoms with Crippen molar-refractivity contribution in [3.8, 4) is 11.6 Å². The minimum Gasteiger partial charge on any atom is -0.494 e. The molecule has 0 aliphatic carbocycles. The molecule has 2 aromatic carbocycles. The summed E-state index contributed by atoms with van der Waals surface area (Å²) >= 11 is 7.02. The van der Waals surface area contributed by atoms with Gasteiger partial charge in [0.1, 0.15) is 11.3 Å². The zero-order valence-electron chi connectivity index (χ0n) is 18.7. The number of aromatic amines is 1. The van der Waals surface area contributed by atoms with Crippen LogP contribution in [0.5, 0.6) is 11.6 Å². The molecule has 0 saturated carbocycles. The second-order valence-corrected chi connectivity index (χ2v) is 9.43. The molecule has 172 valence electrons. The molecule has 2 N–H and O–H groups in total. The standard InChI is InChI=1S/C25H27N3O3S2/c1-3-5-14-28-24(30)22(23(29)27-25(28)32)19-15-21(16-10-12-17(13-11-16)31-4-2)33-20-9-7-6-8-18(20)26-19/h6-13,21,30H,3-5,14-15H2,1-2H3,(H,27,29,32). The van der Waals surface area contributed by atoms with Crippen LogP contribution >= 0.6 is 24.0 Å². The van der Waals surface area contributed by atoms with Crippen molar-refractivity contribution in [3.63, 3.8) is 0 Å². The van der Waals surface area contributed by atoms with Crippen LogP contribution in [0.3, 0.4) is 0 Å². The summed E-state index contributed by atoms with van der Waals surface area (Å²) in [6.45, 7) is 5.17. The number of unbranched alkanes of at least 4 members (excludes halogenated alkanes) is 1. The largest absolute Gasteiger partial charge is 0.494 e. The van der Waals surface area contributed by atoms with Gasteiger partial charge < -0.3 is 9.84 Å². The van der Waals surface area contributed by atoms with Gasteiger partial charge in [-0.2, -0.15) is 0 Å². The molecule has 0 bridgehead atoms. The van der Waals surface area contributed by atoms with Crippen molar-refractivity contribution in [1.82, 2.24) is 9.55 Å². The van der Waals surface area contributed by atoms with Gasteiger partial charge in [0.2, 0.25) is 5.88 Å². The number of aliphatic imine (C=N–C) groups is 1. The number of para-hydroxylation sites is 1. The number of thioether (sulfide) groups is 1. The van der Waals surface area contributed by atoms with Crippen molar-refractivity contribution in [2.75, 3.05) is 6.61 Å². The molecule has 1 aliphatic heterocycles. The molecule has 1 aliphatic rings. The Bertz CT molecular complexity index is 1280. The van der Waals surface area contributed by atoms with Gasteiger partial charge in [-0.1, -0.05) is 37.6 Å². The van der Waals surface area contributed by atoms with Crippen molar-refractivity contribution < 1.29 is 9.84 Å². The second kappa shape index (κ2) is 10.4. The van der Waals surface area contributed by atoms with Crippen LogP contribution < -0.4 is 10.3 Å². The molecule has 0 saturated heterocycles. The van der Waals surface area contributed by atoms with Crippen LogP contribution in [0, 0.1) is 4.77 Å². The zero-order chi connectivity index (χ0) is 23.4. The molecule has 1 atom stereocenters. The fourth-order valence-corrected chi connectivity index (χ4v) is 5.35. The van der Waals surface area contributed by atoms with E-state index in [4.69, 9.17) is 21.9 Å². The SMILES string of the molecule is CCCCn1c(O)c(C2=Nc3ccccc3SC(c3ccc(OCC)cc3)C2)c(=O)[nH]c1=S. The Morgan fingerprint density at radius 2 is 1.97 bits per heavy atom. The minimum atomic E-state index is -0.418. The van der Waals surface area contributed by atoms with Crippen molar-refractivity contribution >= 4 is 35.4 Å². The summed E-state index contributed by atoms with van der Waals surface area (Å²) in [4.78, 5) is 21.6. The first kappa shape index (κ1) is 23.3. The third kappa shape index (κ3) is 5.07. The van der Waals surface area contributed by atoms with Crippen molar-refractivity contribution in [3.05, 3.63) is 74.8 Å². The molecule has 0 fully saturated rings. The fourth-order valence-electron chi connectivity index (χ4n) is 3.84. The lowest BCUT2D eigenvalue weighted by Gasteiger charge is -2.18. The Balaban J connectivity index is 1.81. The van der Waals surface area contributed by atoms with E-state index >= 15 is 0 Å². The van der Waals surface area contributed by atoms with Crippen molar-refractivity contribution in [1.29, 1.82) is 0 Å². The highest BCUT2D eigenvalue weighted by molar-refractivity contribution is 7.99. The number of H-pyrrole nitrogens is 1. The lowest BCUT2D eigenvalue weighted by Crippen LogP contribution is -2.24. The topological polar surface area (TPSA) is 79.6 Å². The van der Waals surface area contributed by atoms with Crippen LogP contribution in [0.1, 0.15) is 49.5 Å². The van der Waals surface area contributed by atoms with Crippen LogP contribution in [0.4, 0.5) is 5.69 Å². The predicted octanol–water partition coefficient (Wildman–Crippen LogP) is 6.17. The Morgan fingerprint density at radius 1 is 1.21 bits per heavy atom. The van der Waals surface area contributed by atoms with Gasteiger partial charge in [-0.3, -0.25) is 19.3 Å². The van der Waals surface area contributed by atoms with Gasteiger partial charge in [0, 0.05) is 23.1 Å². The average molecular weight is 482 g/mol. The maximum absolute atomic E-state index is 13.0. The maximum atomic E-state index is 13.0. The smallest absolute Gasteiger partial charge is 0.264 e. The van der Waals surface area contributed by atoms with E-state index < -0.39 is 5.56 Å². The lowest BCUT2D eigenvalue weighted by molar-refractivity contribution is 0.340. The van der Waals surface area contributed by atoms with Crippen LogP contribution in [0.15, 0.2) is 63.2 Å². The van der Waals surface area contributed by atoms with Gasteiger partial charge in [-0.25, -0.2) is 0 Å². The Hall–Kier alpha value is -2.84. The third-order valence-electron chi connectivity index (χ3n) is 5.53. The molecule has 2 heterocycles. The van der Waals surface area contributed by atoms with Crippen LogP contribution in [0.2, 0.25) is 0 Å². The zero-order valence-corrected chi connectivity index (χ0v) is 20.3. The Labute approximate surface area is 202 Å². The molecule has 33 heavy (non-hydrogen) atoms. The molecule has 1 aromatic heterocycles. The number of hydrogen-bond acceptors (Lipinski definition) is 6. The molecule has 4 rings (SSSR count). The summed E-state index contributed by atoms with van der Waals surface area (Å²) in [5.74, 6) is 0.701. The third-order valence-corrected chi connectivity index (χ3v) is 7.17. The van der Waals surface area contributed by atoms with E-state index in [-0.39, 0.29) is 21.5 Å². The lowest BCUT2D eigenvalue weighted by atomic mass is 10.0. The number of ether oxygens (including phenoxy) is 1. The molecular weight excluding hydrogens is 454 g/mol. The molecule has 8 heteroatoms. The highest BCUT2D eigenvalue weighted by Gasteiger charge is 2.27. The fraction of sp³-hybridized carbons (Fsp3) is 0.320. The van der Waals surface area contributed by atoms with E-state index in [0.29, 0.717) is 25.3 Å². The van der Waals surface area contributed by atoms with Crippen molar-refractivity contribution in [2.45, 2.75) is 49.8 Å². The summed E-state index contributed by atoms with van der Waals surface area (Å²) in [5.41, 5.74) is 2.20. The summed E-state index contributed by atoms with van der Waals surface area (Å²) < 4.78 is 7.40. The van der Waals surface area contributed by atoms with Crippen LogP contribution in [-0.2, 0) is 6.54 Å². The first-order valence-corrected chi connectivity index (χ1v) is 12.4. The average Bonchev–Trinajstić information content (AvgIpc) is 2.99. The number of rotatable bonds is 7. The molecule has 6 nitrogen and oxygen atoms in total.